The van der Waals surface area contributed by atoms with E-state index in [9.17, 15) is 26.8 Å². The number of rotatable bonds is 6. The average Bonchev–Trinajstić information content (AvgIpc) is 3.20. The Morgan fingerprint density at radius 2 is 1.89 bits per heavy atom. The van der Waals surface area contributed by atoms with E-state index in [1.54, 1.807) is 0 Å². The first kappa shape index (κ1) is 26.1. The highest BCUT2D eigenvalue weighted by molar-refractivity contribution is 7.89. The molecule has 36 heavy (non-hydrogen) atoms. The summed E-state index contributed by atoms with van der Waals surface area (Å²) < 4.78 is 62.1. The van der Waals surface area contributed by atoms with Gasteiger partial charge < -0.3 is 9.30 Å². The fourth-order valence-corrected chi connectivity index (χ4v) is 7.14. The lowest BCUT2D eigenvalue weighted by Gasteiger charge is -2.34. The Bertz CT molecular complexity index is 1480. The number of sulfonamides is 1. The highest BCUT2D eigenvalue weighted by Crippen LogP contribution is 2.27. The number of carbonyl (C=O) groups excluding carboxylic acids is 2. The minimum atomic E-state index is -3.71. The number of thiazole rings is 1. The predicted molar refractivity (Wildman–Crippen MR) is 130 cm³/mol. The quantitative estimate of drug-likeness (QED) is 0.445. The van der Waals surface area contributed by atoms with Crippen LogP contribution in [0.1, 0.15) is 43.0 Å². The van der Waals surface area contributed by atoms with E-state index in [0.29, 0.717) is 12.6 Å². The maximum atomic E-state index is 14.5. The largest absolute Gasteiger partial charge is 0.468 e. The first-order valence-corrected chi connectivity index (χ1v) is 13.7. The van der Waals surface area contributed by atoms with Gasteiger partial charge in [-0.15, -0.1) is 0 Å². The first-order valence-electron chi connectivity index (χ1n) is 11.4. The minimum absolute atomic E-state index is 0.0271. The third kappa shape index (κ3) is 5.11. The van der Waals surface area contributed by atoms with Crippen LogP contribution in [0.25, 0.3) is 10.2 Å². The van der Waals surface area contributed by atoms with Crippen LogP contribution in [0.4, 0.5) is 8.78 Å². The van der Waals surface area contributed by atoms with Crippen LogP contribution >= 0.6 is 11.3 Å². The Kier molecular flexibility index (Phi) is 7.67. The lowest BCUT2D eigenvalue weighted by atomic mass is 10.0. The fraction of sp³-hybridized carbons (Fsp3) is 0.375. The maximum absolute atomic E-state index is 14.5. The summed E-state index contributed by atoms with van der Waals surface area (Å²) in [6.45, 7) is 1.99. The van der Waals surface area contributed by atoms with E-state index < -0.39 is 40.1 Å². The molecule has 2 aromatic carbocycles. The molecule has 1 aliphatic heterocycles. The molecule has 12 heteroatoms. The number of amides is 1. The number of halogens is 2. The fourth-order valence-electron chi connectivity index (χ4n) is 4.31. The zero-order valence-corrected chi connectivity index (χ0v) is 21.4. The molecule has 1 saturated heterocycles. The van der Waals surface area contributed by atoms with E-state index in [4.69, 9.17) is 0 Å². The van der Waals surface area contributed by atoms with Gasteiger partial charge in [0.1, 0.15) is 12.4 Å². The van der Waals surface area contributed by atoms with Gasteiger partial charge >= 0.3 is 5.97 Å². The number of carbonyl (C=O) groups is 2. The molecule has 4 rings (SSSR count). The Balaban J connectivity index is 1.69. The second kappa shape index (κ2) is 10.6. The molecule has 8 nitrogen and oxygen atoms in total. The Morgan fingerprint density at radius 1 is 1.17 bits per heavy atom. The van der Waals surface area contributed by atoms with Crippen LogP contribution in [0.2, 0.25) is 0 Å². The lowest BCUT2D eigenvalue weighted by molar-refractivity contribution is -0.141. The van der Waals surface area contributed by atoms with Gasteiger partial charge in [0.25, 0.3) is 5.91 Å². The Hall–Kier alpha value is -2.96. The molecule has 1 aromatic heterocycles. The van der Waals surface area contributed by atoms with E-state index >= 15 is 0 Å². The SMILES string of the molecule is CCC1CCCCN1S(=O)(=O)c1ccc(C(=O)N=c2sc3cc(F)cc(F)c3n2CC(=O)OC)cc1. The van der Waals surface area contributed by atoms with Gasteiger partial charge in [-0.2, -0.15) is 9.30 Å². The monoisotopic (exact) mass is 537 g/mol. The molecule has 1 amide bonds. The van der Waals surface area contributed by atoms with Gasteiger partial charge in [0.05, 0.1) is 22.2 Å². The topological polar surface area (TPSA) is 98.0 Å². The molecular weight excluding hydrogens is 512 g/mol. The van der Waals surface area contributed by atoms with Crippen LogP contribution in [-0.2, 0) is 26.1 Å². The van der Waals surface area contributed by atoms with Crippen molar-refractivity contribution in [1.29, 1.82) is 0 Å². The molecule has 0 saturated carbocycles. The molecule has 1 unspecified atom stereocenters. The molecule has 2 heterocycles. The lowest BCUT2D eigenvalue weighted by Crippen LogP contribution is -2.43. The van der Waals surface area contributed by atoms with Gasteiger partial charge in [-0.25, -0.2) is 17.2 Å². The van der Waals surface area contributed by atoms with E-state index in [1.807, 2.05) is 6.92 Å². The molecule has 3 aromatic rings. The van der Waals surface area contributed by atoms with Crippen molar-refractivity contribution in [3.63, 3.8) is 0 Å². The molecule has 1 atom stereocenters. The third-order valence-electron chi connectivity index (χ3n) is 6.16. The third-order valence-corrected chi connectivity index (χ3v) is 9.15. The summed E-state index contributed by atoms with van der Waals surface area (Å²) in [5, 5.41) is 0. The van der Waals surface area contributed by atoms with Crippen molar-refractivity contribution < 1.29 is 31.5 Å². The molecule has 0 radical (unpaired) electrons. The Labute approximate surface area is 210 Å². The zero-order chi connectivity index (χ0) is 26.0. The number of hydrogen-bond acceptors (Lipinski definition) is 6. The minimum Gasteiger partial charge on any atom is -0.468 e. The van der Waals surface area contributed by atoms with E-state index in [-0.39, 0.29) is 31.5 Å². The summed E-state index contributed by atoms with van der Waals surface area (Å²) in [6, 6.07) is 7.17. The van der Waals surface area contributed by atoms with E-state index in [0.717, 1.165) is 54.8 Å². The molecule has 0 N–H and O–H groups in total. The van der Waals surface area contributed by atoms with Crippen LogP contribution in [0.15, 0.2) is 46.3 Å². The van der Waals surface area contributed by atoms with Gasteiger partial charge in [0.15, 0.2) is 10.6 Å². The summed E-state index contributed by atoms with van der Waals surface area (Å²) >= 11 is 0.842. The standard InChI is InChI=1S/C24H25F2N3O5S2/c1-3-17-6-4-5-11-29(17)36(32,33)18-9-7-15(8-10-18)23(31)27-24-28(14-21(30)34-2)22-19(26)12-16(25)13-20(22)35-24/h7-10,12-13,17H,3-6,11,14H2,1-2H3. The van der Waals surface area contributed by atoms with Crippen molar-refractivity contribution in [3.8, 4) is 0 Å². The van der Waals surface area contributed by atoms with Gasteiger partial charge in [0.2, 0.25) is 10.0 Å². The maximum Gasteiger partial charge on any atom is 0.325 e. The second-order valence-electron chi connectivity index (χ2n) is 8.40. The molecule has 0 spiro atoms. The highest BCUT2D eigenvalue weighted by Gasteiger charge is 2.32. The second-order valence-corrected chi connectivity index (χ2v) is 11.3. The van der Waals surface area contributed by atoms with Crippen molar-refractivity contribution in [3.05, 3.63) is 58.4 Å². The molecular formula is C24H25F2N3O5S2. The smallest absolute Gasteiger partial charge is 0.325 e. The van der Waals surface area contributed by atoms with Gasteiger partial charge in [-0.3, -0.25) is 9.59 Å². The van der Waals surface area contributed by atoms with Gasteiger partial charge in [-0.1, -0.05) is 24.7 Å². The predicted octanol–water partition coefficient (Wildman–Crippen LogP) is 3.85. The number of methoxy groups -OCH3 is 1. The van der Waals surface area contributed by atoms with Crippen molar-refractivity contribution in [1.82, 2.24) is 8.87 Å². The van der Waals surface area contributed by atoms with Crippen molar-refractivity contribution in [2.24, 2.45) is 4.99 Å². The zero-order valence-electron chi connectivity index (χ0n) is 19.7. The van der Waals surface area contributed by atoms with E-state index in [2.05, 4.69) is 9.73 Å². The normalized spacial score (nSPS) is 17.4. The molecule has 0 aliphatic carbocycles. The van der Waals surface area contributed by atoms with Crippen LogP contribution < -0.4 is 4.80 Å². The number of nitrogens with zero attached hydrogens (tertiary/aromatic N) is 3. The molecule has 192 valence electrons. The molecule has 0 bridgehead atoms. The molecule has 1 fully saturated rings. The number of aromatic nitrogens is 1. The number of ether oxygens (including phenoxy) is 1. The summed E-state index contributed by atoms with van der Waals surface area (Å²) in [7, 11) is -2.55. The number of piperidine rings is 1. The van der Waals surface area contributed by atoms with Crippen LogP contribution in [0, 0.1) is 11.6 Å². The number of fused-ring (bicyclic) bond motifs is 1. The van der Waals surface area contributed by atoms with Gasteiger partial charge in [-0.05, 0) is 49.6 Å². The van der Waals surface area contributed by atoms with Crippen LogP contribution in [-0.4, -0.2) is 48.9 Å². The summed E-state index contributed by atoms with van der Waals surface area (Å²) in [4.78, 5) is 28.9. The Morgan fingerprint density at radius 3 is 2.56 bits per heavy atom. The average molecular weight is 538 g/mol. The van der Waals surface area contributed by atoms with Crippen LogP contribution in [0.5, 0.6) is 0 Å². The number of esters is 1. The van der Waals surface area contributed by atoms with Crippen molar-refractivity contribution in [2.45, 2.75) is 50.1 Å². The van der Waals surface area contributed by atoms with E-state index in [1.165, 1.54) is 28.6 Å². The highest BCUT2D eigenvalue weighted by atomic mass is 32.2. The molecule has 1 aliphatic rings. The number of hydrogen-bond donors (Lipinski definition) is 0. The van der Waals surface area contributed by atoms with Crippen LogP contribution in [0.3, 0.4) is 0 Å². The first-order chi connectivity index (χ1) is 17.1. The van der Waals surface area contributed by atoms with Crippen molar-refractivity contribution in [2.75, 3.05) is 13.7 Å². The van der Waals surface area contributed by atoms with Gasteiger partial charge in [0, 0.05) is 24.2 Å². The number of benzene rings is 2. The summed E-state index contributed by atoms with van der Waals surface area (Å²) in [6.07, 6.45) is 3.33. The van der Waals surface area contributed by atoms with Crippen molar-refractivity contribution >= 4 is 43.5 Å². The summed E-state index contributed by atoms with van der Waals surface area (Å²) in [5.41, 5.74) is 0.0279. The summed E-state index contributed by atoms with van der Waals surface area (Å²) in [5.74, 6) is -3.14.